The van der Waals surface area contributed by atoms with Crippen LogP contribution in [0.25, 0.3) is 0 Å². The van der Waals surface area contributed by atoms with E-state index in [4.69, 9.17) is 10.5 Å². The summed E-state index contributed by atoms with van der Waals surface area (Å²) < 4.78 is 5.71. The highest BCUT2D eigenvalue weighted by molar-refractivity contribution is 5.65. The van der Waals surface area contributed by atoms with E-state index in [1.54, 1.807) is 0 Å². The zero-order valence-electron chi connectivity index (χ0n) is 13.1. The highest BCUT2D eigenvalue weighted by Crippen LogP contribution is 2.33. The maximum atomic E-state index is 5.83. The smallest absolute Gasteiger partial charge is 0.144 e. The monoisotopic (exact) mass is 290 g/mol. The number of likely N-dealkylation sites (N-methyl/N-ethyl adjacent to an activating group) is 1. The standard InChI is InChI=1S/C16H26N4O/c1-18(2)14-5-6-19(12-14)7-8-20-9-10-21-16-11-13(17)3-4-15(16)20/h3-4,11,14H,5-10,12,17H2,1-2H3. The molecule has 1 aromatic rings. The molecule has 2 aliphatic heterocycles. The molecule has 2 aliphatic rings. The van der Waals surface area contributed by atoms with Crippen molar-refractivity contribution in [2.24, 2.45) is 0 Å². The van der Waals surface area contributed by atoms with Crippen molar-refractivity contribution in [3.63, 3.8) is 0 Å². The fourth-order valence-electron chi connectivity index (χ4n) is 3.23. The van der Waals surface area contributed by atoms with Crippen LogP contribution in [-0.4, -0.2) is 69.3 Å². The first-order chi connectivity index (χ1) is 10.1. The molecule has 0 amide bonds. The zero-order chi connectivity index (χ0) is 14.8. The molecule has 1 atom stereocenters. The summed E-state index contributed by atoms with van der Waals surface area (Å²) in [5.41, 5.74) is 7.78. The van der Waals surface area contributed by atoms with Gasteiger partial charge in [-0.3, -0.25) is 4.90 Å². The number of nitrogen functional groups attached to an aromatic ring is 1. The van der Waals surface area contributed by atoms with Crippen LogP contribution in [0.4, 0.5) is 11.4 Å². The quantitative estimate of drug-likeness (QED) is 0.842. The number of rotatable bonds is 4. The van der Waals surface area contributed by atoms with E-state index in [-0.39, 0.29) is 0 Å². The lowest BCUT2D eigenvalue weighted by Crippen LogP contribution is -2.39. The molecular weight excluding hydrogens is 264 g/mol. The van der Waals surface area contributed by atoms with E-state index in [0.29, 0.717) is 6.04 Å². The molecule has 5 nitrogen and oxygen atoms in total. The molecule has 1 aromatic carbocycles. The fourth-order valence-corrected chi connectivity index (χ4v) is 3.23. The number of nitrogens with two attached hydrogens (primary N) is 1. The zero-order valence-corrected chi connectivity index (χ0v) is 13.1. The molecule has 0 radical (unpaired) electrons. The van der Waals surface area contributed by atoms with Crippen molar-refractivity contribution in [2.75, 3.05) is 64.1 Å². The van der Waals surface area contributed by atoms with Gasteiger partial charge in [-0.1, -0.05) is 0 Å². The molecule has 0 aromatic heterocycles. The van der Waals surface area contributed by atoms with Gasteiger partial charge in [0.25, 0.3) is 0 Å². The van der Waals surface area contributed by atoms with Crippen molar-refractivity contribution in [1.82, 2.24) is 9.80 Å². The number of nitrogens with zero attached hydrogens (tertiary/aromatic N) is 3. The minimum Gasteiger partial charge on any atom is -0.489 e. The van der Waals surface area contributed by atoms with E-state index in [1.165, 1.54) is 25.2 Å². The van der Waals surface area contributed by atoms with Crippen LogP contribution in [0.5, 0.6) is 5.75 Å². The van der Waals surface area contributed by atoms with Gasteiger partial charge in [-0.05, 0) is 39.2 Å². The van der Waals surface area contributed by atoms with Crippen LogP contribution in [0.2, 0.25) is 0 Å². The third-order valence-corrected chi connectivity index (χ3v) is 4.61. The van der Waals surface area contributed by atoms with Gasteiger partial charge in [0.05, 0.1) is 12.2 Å². The molecule has 0 bridgehead atoms. The minimum absolute atomic E-state index is 0.710. The van der Waals surface area contributed by atoms with Gasteiger partial charge >= 0.3 is 0 Å². The average molecular weight is 290 g/mol. The maximum Gasteiger partial charge on any atom is 0.144 e. The van der Waals surface area contributed by atoms with Gasteiger partial charge in [-0.15, -0.1) is 0 Å². The van der Waals surface area contributed by atoms with E-state index in [2.05, 4.69) is 34.9 Å². The Morgan fingerprint density at radius 2 is 2.14 bits per heavy atom. The normalized spacial score (nSPS) is 22.4. The summed E-state index contributed by atoms with van der Waals surface area (Å²) in [4.78, 5) is 7.32. The molecule has 116 valence electrons. The molecule has 2 heterocycles. The molecule has 0 aliphatic carbocycles. The van der Waals surface area contributed by atoms with Crippen LogP contribution in [0.3, 0.4) is 0 Å². The second-order valence-corrected chi connectivity index (χ2v) is 6.27. The Hall–Kier alpha value is -1.46. The van der Waals surface area contributed by atoms with Crippen molar-refractivity contribution in [2.45, 2.75) is 12.5 Å². The van der Waals surface area contributed by atoms with Gasteiger partial charge in [0, 0.05) is 37.4 Å². The number of ether oxygens (including phenoxy) is 1. The molecule has 1 saturated heterocycles. The van der Waals surface area contributed by atoms with Crippen molar-refractivity contribution in [1.29, 1.82) is 0 Å². The average Bonchev–Trinajstić information content (AvgIpc) is 2.93. The largest absolute Gasteiger partial charge is 0.489 e. The Morgan fingerprint density at radius 3 is 2.90 bits per heavy atom. The number of fused-ring (bicyclic) bond motifs is 1. The van der Waals surface area contributed by atoms with Crippen molar-refractivity contribution in [3.05, 3.63) is 18.2 Å². The predicted octanol–water partition coefficient (Wildman–Crippen LogP) is 1.10. The molecule has 1 fully saturated rings. The van der Waals surface area contributed by atoms with Crippen LogP contribution >= 0.6 is 0 Å². The molecule has 0 saturated carbocycles. The van der Waals surface area contributed by atoms with Crippen LogP contribution in [0, 0.1) is 0 Å². The molecular formula is C16H26N4O. The lowest BCUT2D eigenvalue weighted by molar-refractivity contribution is 0.266. The molecule has 21 heavy (non-hydrogen) atoms. The summed E-state index contributed by atoms with van der Waals surface area (Å²) in [6, 6.07) is 6.68. The number of likely N-dealkylation sites (tertiary alicyclic amines) is 1. The molecule has 5 heteroatoms. The summed E-state index contributed by atoms with van der Waals surface area (Å²) in [6.45, 7) is 6.28. The first-order valence-electron chi connectivity index (χ1n) is 7.79. The van der Waals surface area contributed by atoms with Crippen molar-refractivity contribution >= 4 is 11.4 Å². The Morgan fingerprint density at radius 1 is 1.29 bits per heavy atom. The predicted molar refractivity (Wildman–Crippen MR) is 87.1 cm³/mol. The van der Waals surface area contributed by atoms with E-state index in [9.17, 15) is 0 Å². The molecule has 2 N–H and O–H groups in total. The van der Waals surface area contributed by atoms with Crippen molar-refractivity contribution < 1.29 is 4.74 Å². The Bertz CT molecular complexity index is 491. The summed E-state index contributed by atoms with van der Waals surface area (Å²) >= 11 is 0. The second kappa shape index (κ2) is 6.12. The first-order valence-corrected chi connectivity index (χ1v) is 7.79. The van der Waals surface area contributed by atoms with E-state index >= 15 is 0 Å². The summed E-state index contributed by atoms with van der Waals surface area (Å²) in [5, 5.41) is 0. The van der Waals surface area contributed by atoms with Crippen LogP contribution in [-0.2, 0) is 0 Å². The number of benzene rings is 1. The Labute approximate surface area is 127 Å². The van der Waals surface area contributed by atoms with Gasteiger partial charge in [0.15, 0.2) is 0 Å². The molecule has 0 spiro atoms. The topological polar surface area (TPSA) is 45.0 Å². The summed E-state index contributed by atoms with van der Waals surface area (Å²) in [7, 11) is 4.35. The highest BCUT2D eigenvalue weighted by atomic mass is 16.5. The number of hydrogen-bond acceptors (Lipinski definition) is 5. The number of hydrogen-bond donors (Lipinski definition) is 1. The van der Waals surface area contributed by atoms with Crippen LogP contribution in [0.15, 0.2) is 18.2 Å². The van der Waals surface area contributed by atoms with E-state index < -0.39 is 0 Å². The van der Waals surface area contributed by atoms with Gasteiger partial charge in [0.1, 0.15) is 12.4 Å². The maximum absolute atomic E-state index is 5.83. The lowest BCUT2D eigenvalue weighted by Gasteiger charge is -2.32. The van der Waals surface area contributed by atoms with Crippen LogP contribution < -0.4 is 15.4 Å². The third kappa shape index (κ3) is 3.24. The molecule has 3 rings (SSSR count). The van der Waals surface area contributed by atoms with Crippen molar-refractivity contribution in [3.8, 4) is 5.75 Å². The van der Waals surface area contributed by atoms with Gasteiger partial charge < -0.3 is 20.3 Å². The van der Waals surface area contributed by atoms with Gasteiger partial charge in [-0.2, -0.15) is 0 Å². The summed E-state index contributed by atoms with van der Waals surface area (Å²) in [5.74, 6) is 0.925. The minimum atomic E-state index is 0.710. The van der Waals surface area contributed by atoms with Crippen LogP contribution in [0.1, 0.15) is 6.42 Å². The van der Waals surface area contributed by atoms with Gasteiger partial charge in [-0.25, -0.2) is 0 Å². The Kier molecular flexibility index (Phi) is 4.22. The highest BCUT2D eigenvalue weighted by Gasteiger charge is 2.25. The Balaban J connectivity index is 1.58. The first kappa shape index (κ1) is 14.5. The van der Waals surface area contributed by atoms with E-state index in [1.807, 2.05) is 12.1 Å². The SMILES string of the molecule is CN(C)C1CCN(CCN2CCOc3cc(N)ccc32)C1. The third-order valence-electron chi connectivity index (χ3n) is 4.61. The van der Waals surface area contributed by atoms with Gasteiger partial charge in [0.2, 0.25) is 0 Å². The van der Waals surface area contributed by atoms with E-state index in [0.717, 1.165) is 37.7 Å². The fraction of sp³-hybridized carbons (Fsp3) is 0.625. The summed E-state index contributed by atoms with van der Waals surface area (Å²) in [6.07, 6.45) is 1.28. The molecule has 1 unspecified atom stereocenters. The lowest BCUT2D eigenvalue weighted by atomic mass is 10.2. The number of anilines is 2. The second-order valence-electron chi connectivity index (χ2n) is 6.27.